The molecule has 1 aliphatic carbocycles. The molecule has 1 nitrogen and oxygen atoms in total. The summed E-state index contributed by atoms with van der Waals surface area (Å²) in [6.07, 6.45) is 6.62. The highest BCUT2D eigenvalue weighted by Crippen LogP contribution is 2.33. The summed E-state index contributed by atoms with van der Waals surface area (Å²) in [6, 6.07) is 11.1. The van der Waals surface area contributed by atoms with Crippen LogP contribution in [0.15, 0.2) is 29.3 Å². The molecule has 1 fully saturated rings. The Morgan fingerprint density at radius 3 is 2.65 bits per heavy atom. The van der Waals surface area contributed by atoms with Crippen LogP contribution >= 0.6 is 12.2 Å². The zero-order valence-corrected chi connectivity index (χ0v) is 10.6. The average molecular weight is 241 g/mol. The van der Waals surface area contributed by atoms with E-state index in [0.717, 1.165) is 5.56 Å². The Labute approximate surface area is 108 Å². The molecule has 1 aliphatic rings. The zero-order valence-electron chi connectivity index (χ0n) is 9.78. The number of benzene rings is 1. The van der Waals surface area contributed by atoms with E-state index >= 15 is 0 Å². The van der Waals surface area contributed by atoms with Crippen molar-refractivity contribution in [1.29, 1.82) is 0 Å². The van der Waals surface area contributed by atoms with E-state index in [-0.39, 0.29) is 0 Å². The summed E-state index contributed by atoms with van der Waals surface area (Å²) in [5.74, 6) is 3.74. The van der Waals surface area contributed by atoms with Gasteiger partial charge in [-0.1, -0.05) is 37.5 Å². The molecule has 1 saturated carbocycles. The third kappa shape index (κ3) is 3.27. The number of hydrogen-bond donors (Lipinski definition) is 0. The van der Waals surface area contributed by atoms with E-state index in [2.05, 4.69) is 52.5 Å². The molecule has 2 heteroatoms. The quantitative estimate of drug-likeness (QED) is 0.409. The van der Waals surface area contributed by atoms with Crippen molar-refractivity contribution in [3.8, 4) is 12.0 Å². The van der Waals surface area contributed by atoms with Crippen LogP contribution in [0.25, 0.3) is 0 Å². The molecule has 17 heavy (non-hydrogen) atoms. The zero-order chi connectivity index (χ0) is 11.9. The van der Waals surface area contributed by atoms with Gasteiger partial charge in [-0.15, -0.1) is 4.99 Å². The summed E-state index contributed by atoms with van der Waals surface area (Å²) >= 11 is 4.51. The first-order valence-electron chi connectivity index (χ1n) is 6.08. The van der Waals surface area contributed by atoms with Gasteiger partial charge in [0.05, 0.1) is 11.2 Å². The summed E-state index contributed by atoms with van der Waals surface area (Å²) in [5, 5.41) is 2.27. The van der Waals surface area contributed by atoms with Crippen LogP contribution in [0, 0.1) is 12.0 Å². The molecular weight excluding hydrogens is 226 g/mol. The van der Waals surface area contributed by atoms with Crippen molar-refractivity contribution in [2.45, 2.75) is 38.0 Å². The van der Waals surface area contributed by atoms with E-state index in [1.807, 2.05) is 6.07 Å². The highest BCUT2D eigenvalue weighted by atomic mass is 32.1. The van der Waals surface area contributed by atoms with Crippen molar-refractivity contribution in [2.75, 3.05) is 0 Å². The van der Waals surface area contributed by atoms with Crippen molar-refractivity contribution in [3.63, 3.8) is 0 Å². The number of rotatable bonds is 1. The Bertz CT molecular complexity index is 483. The summed E-state index contributed by atoms with van der Waals surface area (Å²) < 4.78 is 0. The molecule has 0 aromatic heterocycles. The van der Waals surface area contributed by atoms with Gasteiger partial charge < -0.3 is 0 Å². The molecule has 0 radical (unpaired) electrons. The lowest BCUT2D eigenvalue weighted by atomic mass is 9.82. The highest BCUT2D eigenvalue weighted by molar-refractivity contribution is 7.78. The minimum absolute atomic E-state index is 0.672. The summed E-state index contributed by atoms with van der Waals surface area (Å²) in [5.41, 5.74) is 2.47. The molecule has 0 N–H and O–H groups in total. The van der Waals surface area contributed by atoms with E-state index in [0.29, 0.717) is 5.92 Å². The van der Waals surface area contributed by atoms with Crippen LogP contribution in [0.3, 0.4) is 0 Å². The van der Waals surface area contributed by atoms with Crippen molar-refractivity contribution >= 4 is 17.4 Å². The van der Waals surface area contributed by atoms with Gasteiger partial charge in [-0.3, -0.25) is 0 Å². The lowest BCUT2D eigenvalue weighted by Crippen LogP contribution is -2.06. The SMILES string of the molecule is S=C=NC#Cc1ccccc1C1CCCCC1. The van der Waals surface area contributed by atoms with Gasteiger partial charge in [-0.05, 0) is 48.5 Å². The second kappa shape index (κ2) is 6.35. The average Bonchev–Trinajstić information content (AvgIpc) is 2.41. The summed E-state index contributed by atoms with van der Waals surface area (Å²) in [7, 11) is 0. The number of isothiocyanates is 1. The Morgan fingerprint density at radius 1 is 1.12 bits per heavy atom. The molecule has 0 aliphatic heterocycles. The Morgan fingerprint density at radius 2 is 1.88 bits per heavy atom. The van der Waals surface area contributed by atoms with Crippen LogP contribution in [0.1, 0.15) is 49.1 Å². The van der Waals surface area contributed by atoms with E-state index < -0.39 is 0 Å². The first kappa shape index (κ1) is 12.0. The Hall–Kier alpha value is -1.42. The molecule has 0 saturated heterocycles. The second-order valence-electron chi connectivity index (χ2n) is 4.36. The van der Waals surface area contributed by atoms with Crippen LogP contribution < -0.4 is 0 Å². The third-order valence-electron chi connectivity index (χ3n) is 3.30. The molecule has 0 bridgehead atoms. The Balaban J connectivity index is 2.27. The fourth-order valence-electron chi connectivity index (χ4n) is 2.49. The van der Waals surface area contributed by atoms with Crippen LogP contribution in [0.4, 0.5) is 0 Å². The normalized spacial score (nSPS) is 15.5. The molecule has 86 valence electrons. The molecular formula is C15H15NS. The number of thiocarbonyl (C=S) groups is 1. The number of hydrogen-bond acceptors (Lipinski definition) is 2. The molecule has 0 spiro atoms. The molecule has 0 atom stereocenters. The molecule has 0 unspecified atom stereocenters. The first-order chi connectivity index (χ1) is 8.42. The largest absolute Gasteiger partial charge is 0.142 e. The van der Waals surface area contributed by atoms with E-state index in [9.17, 15) is 0 Å². The van der Waals surface area contributed by atoms with Crippen molar-refractivity contribution < 1.29 is 0 Å². The van der Waals surface area contributed by atoms with Crippen LogP contribution in [0.2, 0.25) is 0 Å². The number of nitrogens with zero attached hydrogens (tertiary/aromatic N) is 1. The minimum atomic E-state index is 0.672. The Kier molecular flexibility index (Phi) is 4.50. The summed E-state index contributed by atoms with van der Waals surface area (Å²) in [6.45, 7) is 0. The maximum Gasteiger partial charge on any atom is 0.0743 e. The van der Waals surface area contributed by atoms with Crippen LogP contribution in [0.5, 0.6) is 0 Å². The minimum Gasteiger partial charge on any atom is -0.142 e. The first-order valence-corrected chi connectivity index (χ1v) is 6.49. The predicted octanol–water partition coefficient (Wildman–Crippen LogP) is 4.15. The van der Waals surface area contributed by atoms with Gasteiger partial charge in [-0.25, -0.2) is 0 Å². The smallest absolute Gasteiger partial charge is 0.0743 e. The van der Waals surface area contributed by atoms with Gasteiger partial charge in [0.25, 0.3) is 0 Å². The molecule has 1 aromatic carbocycles. The van der Waals surface area contributed by atoms with Crippen molar-refractivity contribution in [2.24, 2.45) is 4.99 Å². The fraction of sp³-hybridized carbons (Fsp3) is 0.400. The van der Waals surface area contributed by atoms with Crippen molar-refractivity contribution in [1.82, 2.24) is 0 Å². The van der Waals surface area contributed by atoms with Gasteiger partial charge >= 0.3 is 0 Å². The van der Waals surface area contributed by atoms with Gasteiger partial charge in [0.1, 0.15) is 0 Å². The number of aliphatic imine (C=N–C) groups is 1. The van der Waals surface area contributed by atoms with E-state index in [4.69, 9.17) is 0 Å². The topological polar surface area (TPSA) is 12.4 Å². The lowest BCUT2D eigenvalue weighted by molar-refractivity contribution is 0.443. The van der Waals surface area contributed by atoms with E-state index in [1.54, 1.807) is 0 Å². The monoisotopic (exact) mass is 241 g/mol. The maximum atomic E-state index is 4.51. The predicted molar refractivity (Wildman–Crippen MR) is 74.2 cm³/mol. The van der Waals surface area contributed by atoms with Gasteiger partial charge in [0.2, 0.25) is 0 Å². The highest BCUT2D eigenvalue weighted by Gasteiger charge is 2.17. The van der Waals surface area contributed by atoms with Crippen LogP contribution in [-0.4, -0.2) is 5.16 Å². The van der Waals surface area contributed by atoms with Crippen molar-refractivity contribution in [3.05, 3.63) is 35.4 Å². The molecule has 0 amide bonds. The molecule has 0 heterocycles. The van der Waals surface area contributed by atoms with Crippen LogP contribution in [-0.2, 0) is 0 Å². The lowest BCUT2D eigenvalue weighted by Gasteiger charge is -2.22. The van der Waals surface area contributed by atoms with Gasteiger partial charge in [0.15, 0.2) is 0 Å². The van der Waals surface area contributed by atoms with Gasteiger partial charge in [0, 0.05) is 5.56 Å². The third-order valence-corrected chi connectivity index (χ3v) is 3.39. The summed E-state index contributed by atoms with van der Waals surface area (Å²) in [4.78, 5) is 3.66. The fourth-order valence-corrected chi connectivity index (χ4v) is 2.54. The molecule has 1 aromatic rings. The second-order valence-corrected chi connectivity index (χ2v) is 4.54. The van der Waals surface area contributed by atoms with E-state index in [1.165, 1.54) is 37.7 Å². The molecule has 2 rings (SSSR count). The van der Waals surface area contributed by atoms with Gasteiger partial charge in [-0.2, -0.15) is 0 Å². The maximum absolute atomic E-state index is 4.51. The standard InChI is InChI=1S/C15H15NS/c17-12-16-11-10-14-8-4-5-9-15(14)13-6-2-1-3-7-13/h4-5,8-9,13H,1-3,6-7H2.